The van der Waals surface area contributed by atoms with Gasteiger partial charge in [-0.1, -0.05) is 18.2 Å². The highest BCUT2D eigenvalue weighted by Gasteiger charge is 2.39. The van der Waals surface area contributed by atoms with Crippen molar-refractivity contribution in [1.82, 2.24) is 0 Å². The van der Waals surface area contributed by atoms with Crippen LogP contribution in [0.5, 0.6) is 5.75 Å². The summed E-state index contributed by atoms with van der Waals surface area (Å²) in [6, 6.07) is 10.7. The summed E-state index contributed by atoms with van der Waals surface area (Å²) in [5.74, 6) is -2.22. The van der Waals surface area contributed by atoms with E-state index in [0.717, 1.165) is 4.90 Å². The third-order valence-corrected chi connectivity index (χ3v) is 3.47. The maximum atomic E-state index is 12.5. The summed E-state index contributed by atoms with van der Waals surface area (Å²) in [5, 5.41) is 9.33. The Hall–Kier alpha value is -3.15. The molecule has 1 heterocycles. The van der Waals surface area contributed by atoms with Crippen LogP contribution in [0.1, 0.15) is 31.1 Å². The normalized spacial score (nSPS) is 13.2. The van der Waals surface area contributed by atoms with Gasteiger partial charge in [0.1, 0.15) is 11.4 Å². The second-order valence-corrected chi connectivity index (χ2v) is 4.65. The maximum Gasteiger partial charge on any atom is 0.337 e. The number of carbonyl (C=O) groups is 3. The molecule has 0 spiro atoms. The van der Waals surface area contributed by atoms with Crippen LogP contribution in [-0.2, 0) is 0 Å². The van der Waals surface area contributed by atoms with Crippen molar-refractivity contribution in [2.45, 2.75) is 0 Å². The van der Waals surface area contributed by atoms with Crippen molar-refractivity contribution in [2.75, 3.05) is 12.0 Å². The lowest BCUT2D eigenvalue weighted by atomic mass is 10.1. The monoisotopic (exact) mass is 297 g/mol. The van der Waals surface area contributed by atoms with Gasteiger partial charge in [0.05, 0.1) is 23.8 Å². The minimum absolute atomic E-state index is 0.0521. The summed E-state index contributed by atoms with van der Waals surface area (Å²) < 4.78 is 5.13. The van der Waals surface area contributed by atoms with Gasteiger partial charge in [-0.2, -0.15) is 0 Å². The second-order valence-electron chi connectivity index (χ2n) is 4.65. The van der Waals surface area contributed by atoms with Crippen LogP contribution in [0, 0.1) is 0 Å². The number of amides is 2. The molecule has 0 bridgehead atoms. The van der Waals surface area contributed by atoms with E-state index in [0.29, 0.717) is 0 Å². The van der Waals surface area contributed by atoms with Crippen molar-refractivity contribution in [3.8, 4) is 5.75 Å². The summed E-state index contributed by atoms with van der Waals surface area (Å²) in [6.07, 6.45) is 0. The van der Waals surface area contributed by atoms with E-state index in [1.807, 2.05) is 0 Å². The smallest absolute Gasteiger partial charge is 0.337 e. The molecule has 1 aliphatic heterocycles. The fraction of sp³-hybridized carbons (Fsp3) is 0.0625. The van der Waals surface area contributed by atoms with Crippen molar-refractivity contribution in [2.24, 2.45) is 0 Å². The number of ether oxygens (including phenoxy) is 1. The van der Waals surface area contributed by atoms with E-state index in [4.69, 9.17) is 4.74 Å². The Morgan fingerprint density at radius 1 is 1.00 bits per heavy atom. The Morgan fingerprint density at radius 3 is 2.09 bits per heavy atom. The van der Waals surface area contributed by atoms with Crippen molar-refractivity contribution in [3.63, 3.8) is 0 Å². The van der Waals surface area contributed by atoms with Gasteiger partial charge < -0.3 is 9.84 Å². The van der Waals surface area contributed by atoms with Gasteiger partial charge in [-0.25, -0.2) is 9.69 Å². The molecule has 0 saturated heterocycles. The predicted molar refractivity (Wildman–Crippen MR) is 77.5 cm³/mol. The molecule has 110 valence electrons. The van der Waals surface area contributed by atoms with Crippen LogP contribution < -0.4 is 9.64 Å². The number of para-hydroxylation sites is 1. The largest absolute Gasteiger partial charge is 0.495 e. The summed E-state index contributed by atoms with van der Waals surface area (Å²) >= 11 is 0. The fourth-order valence-electron chi connectivity index (χ4n) is 2.48. The van der Waals surface area contributed by atoms with Crippen molar-refractivity contribution >= 4 is 23.5 Å². The summed E-state index contributed by atoms with van der Waals surface area (Å²) in [6.45, 7) is 0. The number of hydrogen-bond acceptors (Lipinski definition) is 4. The van der Waals surface area contributed by atoms with E-state index in [-0.39, 0.29) is 28.1 Å². The predicted octanol–water partition coefficient (Wildman–Crippen LogP) is 2.19. The van der Waals surface area contributed by atoms with Crippen LogP contribution in [0.15, 0.2) is 42.5 Å². The van der Waals surface area contributed by atoms with Crippen LogP contribution in [0.2, 0.25) is 0 Å². The molecule has 0 aliphatic carbocycles. The number of carboxylic acids is 1. The molecular formula is C16H11NO5. The molecule has 0 aromatic heterocycles. The molecule has 0 atom stereocenters. The van der Waals surface area contributed by atoms with Gasteiger partial charge in [-0.3, -0.25) is 9.59 Å². The van der Waals surface area contributed by atoms with Gasteiger partial charge in [-0.05, 0) is 24.3 Å². The Morgan fingerprint density at radius 2 is 1.59 bits per heavy atom. The van der Waals surface area contributed by atoms with Crippen LogP contribution in [0.4, 0.5) is 5.69 Å². The van der Waals surface area contributed by atoms with E-state index in [9.17, 15) is 19.5 Å². The fourth-order valence-corrected chi connectivity index (χ4v) is 2.48. The number of methoxy groups -OCH3 is 1. The molecule has 2 aromatic carbocycles. The number of anilines is 1. The molecule has 0 radical (unpaired) electrons. The number of fused-ring (bicyclic) bond motifs is 1. The Bertz CT molecular complexity index is 777. The third-order valence-electron chi connectivity index (χ3n) is 3.47. The summed E-state index contributed by atoms with van der Waals surface area (Å²) in [7, 11) is 1.35. The van der Waals surface area contributed by atoms with Gasteiger partial charge in [0.25, 0.3) is 11.8 Å². The maximum absolute atomic E-state index is 12.5. The standard InChI is InChI=1S/C16H11NO5/c1-22-12-8-4-7-11(16(20)21)13(12)17-14(18)9-5-2-3-6-10(9)15(17)19/h2-8H,1H3,(H,20,21). The Labute approximate surface area is 125 Å². The number of carbonyl (C=O) groups excluding carboxylic acids is 2. The van der Waals surface area contributed by atoms with Gasteiger partial charge in [0.2, 0.25) is 0 Å². The van der Waals surface area contributed by atoms with Gasteiger partial charge in [-0.15, -0.1) is 0 Å². The molecule has 1 aliphatic rings. The van der Waals surface area contributed by atoms with E-state index < -0.39 is 17.8 Å². The van der Waals surface area contributed by atoms with Crippen molar-refractivity contribution in [1.29, 1.82) is 0 Å². The number of rotatable bonds is 3. The highest BCUT2D eigenvalue weighted by molar-refractivity contribution is 6.35. The van der Waals surface area contributed by atoms with E-state index in [1.54, 1.807) is 12.1 Å². The molecule has 6 nitrogen and oxygen atoms in total. The highest BCUT2D eigenvalue weighted by atomic mass is 16.5. The lowest BCUT2D eigenvalue weighted by Crippen LogP contribution is -2.31. The summed E-state index contributed by atoms with van der Waals surface area (Å²) in [4.78, 5) is 37.3. The van der Waals surface area contributed by atoms with Crippen LogP contribution in [0.3, 0.4) is 0 Å². The number of carboxylic acid groups (broad SMARTS) is 1. The Balaban J connectivity index is 2.24. The highest BCUT2D eigenvalue weighted by Crippen LogP contribution is 2.37. The minimum atomic E-state index is -1.24. The number of aromatic carboxylic acids is 1. The second kappa shape index (κ2) is 5.00. The molecule has 0 fully saturated rings. The molecule has 2 aromatic rings. The zero-order valence-electron chi connectivity index (χ0n) is 11.6. The average molecular weight is 297 g/mol. The molecule has 1 N–H and O–H groups in total. The SMILES string of the molecule is COc1cccc(C(=O)O)c1N1C(=O)c2ccccc2C1=O. The first-order valence-corrected chi connectivity index (χ1v) is 6.44. The topological polar surface area (TPSA) is 83.9 Å². The zero-order valence-corrected chi connectivity index (χ0v) is 11.6. The van der Waals surface area contributed by atoms with Crippen LogP contribution in [-0.4, -0.2) is 30.0 Å². The van der Waals surface area contributed by atoms with Gasteiger partial charge in [0.15, 0.2) is 0 Å². The molecule has 3 rings (SSSR count). The number of nitrogens with zero attached hydrogens (tertiary/aromatic N) is 1. The van der Waals surface area contributed by atoms with Gasteiger partial charge >= 0.3 is 5.97 Å². The lowest BCUT2D eigenvalue weighted by Gasteiger charge is -2.19. The van der Waals surface area contributed by atoms with Crippen molar-refractivity contribution < 1.29 is 24.2 Å². The third kappa shape index (κ3) is 1.85. The molecule has 0 unspecified atom stereocenters. The molecule has 2 amide bonds. The number of hydrogen-bond donors (Lipinski definition) is 1. The molecule has 6 heteroatoms. The zero-order chi connectivity index (χ0) is 15.9. The molecular weight excluding hydrogens is 286 g/mol. The Kier molecular flexibility index (Phi) is 3.14. The van der Waals surface area contributed by atoms with E-state index >= 15 is 0 Å². The summed E-state index contributed by atoms with van der Waals surface area (Å²) in [5.41, 5.74) is 0.266. The first-order valence-electron chi connectivity index (χ1n) is 6.44. The quantitative estimate of drug-likeness (QED) is 0.878. The van der Waals surface area contributed by atoms with Crippen LogP contribution in [0.25, 0.3) is 0 Å². The first-order chi connectivity index (χ1) is 10.6. The number of benzene rings is 2. The lowest BCUT2D eigenvalue weighted by molar-refractivity contribution is 0.0697. The average Bonchev–Trinajstić information content (AvgIpc) is 2.78. The molecule has 22 heavy (non-hydrogen) atoms. The van der Waals surface area contributed by atoms with Crippen LogP contribution >= 0.6 is 0 Å². The van der Waals surface area contributed by atoms with E-state index in [2.05, 4.69) is 0 Å². The number of imide groups is 1. The van der Waals surface area contributed by atoms with Gasteiger partial charge in [0, 0.05) is 0 Å². The van der Waals surface area contributed by atoms with E-state index in [1.165, 1.54) is 37.4 Å². The minimum Gasteiger partial charge on any atom is -0.495 e. The van der Waals surface area contributed by atoms with Crippen molar-refractivity contribution in [3.05, 3.63) is 59.2 Å². The first kappa shape index (κ1) is 13.8. The molecule has 0 saturated carbocycles.